The van der Waals surface area contributed by atoms with E-state index in [1.807, 2.05) is 23.1 Å². The van der Waals surface area contributed by atoms with E-state index in [0.29, 0.717) is 0 Å². The molecule has 126 valence electrons. The van der Waals surface area contributed by atoms with Crippen LogP contribution in [0.15, 0.2) is 48.9 Å². The van der Waals surface area contributed by atoms with Crippen LogP contribution in [-0.4, -0.2) is 46.6 Å². The number of aromatic nitrogens is 2. The molecule has 1 aromatic heterocycles. The average molecular weight is 325 g/mol. The van der Waals surface area contributed by atoms with Gasteiger partial charge in [0.05, 0.1) is 30.4 Å². The first-order valence-electron chi connectivity index (χ1n) is 8.31. The number of amides is 1. The summed E-state index contributed by atoms with van der Waals surface area (Å²) < 4.78 is 5.67. The molecule has 1 saturated heterocycles. The zero-order chi connectivity index (χ0) is 16.8. The number of methoxy groups -OCH3 is 1. The van der Waals surface area contributed by atoms with Gasteiger partial charge in [0.25, 0.3) is 0 Å². The van der Waals surface area contributed by atoms with E-state index in [1.165, 1.54) is 5.56 Å². The number of hydrogen-bond donors (Lipinski definition) is 1. The van der Waals surface area contributed by atoms with Crippen LogP contribution in [0.25, 0.3) is 6.08 Å². The molecule has 2 aromatic rings. The number of imidazole rings is 1. The highest BCUT2D eigenvalue weighted by Crippen LogP contribution is 2.24. The molecule has 24 heavy (non-hydrogen) atoms. The number of H-pyrrole nitrogens is 1. The molecule has 0 unspecified atom stereocenters. The van der Waals surface area contributed by atoms with Crippen LogP contribution in [0.1, 0.15) is 24.1 Å². The Labute approximate surface area is 142 Å². The molecule has 0 aliphatic carbocycles. The first-order valence-corrected chi connectivity index (χ1v) is 8.31. The van der Waals surface area contributed by atoms with Crippen molar-refractivity contribution in [2.75, 3.05) is 13.7 Å². The summed E-state index contributed by atoms with van der Waals surface area (Å²) in [6, 6.07) is 10.3. The van der Waals surface area contributed by atoms with Crippen LogP contribution in [-0.2, 0) is 16.0 Å². The molecular weight excluding hydrogens is 302 g/mol. The fourth-order valence-electron chi connectivity index (χ4n) is 3.28. The summed E-state index contributed by atoms with van der Waals surface area (Å²) in [6.45, 7) is 0.767. The summed E-state index contributed by atoms with van der Waals surface area (Å²) in [6.07, 6.45) is 9.51. The number of nitrogens with zero attached hydrogens (tertiary/aromatic N) is 2. The van der Waals surface area contributed by atoms with Gasteiger partial charge in [0.2, 0.25) is 5.91 Å². The minimum Gasteiger partial charge on any atom is -0.379 e. The molecule has 3 rings (SSSR count). The van der Waals surface area contributed by atoms with E-state index in [4.69, 9.17) is 4.74 Å². The number of carbonyl (C=O) groups is 1. The predicted octanol–water partition coefficient (Wildman–Crippen LogP) is 2.67. The standard InChI is InChI=1S/C19H23N3O2/c1-24-18-8-5-11-22(17(18)12-15-6-3-2-4-7-15)19(23)10-9-16-13-20-14-21-16/h2-4,6-7,9-10,13-14,17-18H,5,8,11-12H2,1H3,(H,20,21)/t17-,18-/m0/s1. The van der Waals surface area contributed by atoms with E-state index >= 15 is 0 Å². The van der Waals surface area contributed by atoms with Gasteiger partial charge in [-0.05, 0) is 30.9 Å². The van der Waals surface area contributed by atoms with Gasteiger partial charge in [0.1, 0.15) is 0 Å². The number of likely N-dealkylation sites (tertiary alicyclic amines) is 1. The van der Waals surface area contributed by atoms with E-state index < -0.39 is 0 Å². The van der Waals surface area contributed by atoms with Crippen LogP contribution < -0.4 is 0 Å². The topological polar surface area (TPSA) is 58.2 Å². The molecule has 2 heterocycles. The van der Waals surface area contributed by atoms with Gasteiger partial charge in [-0.1, -0.05) is 30.3 Å². The first kappa shape index (κ1) is 16.5. The number of nitrogens with one attached hydrogen (secondary N) is 1. The normalized spacial score (nSPS) is 21.3. The SMILES string of the molecule is CO[C@H]1CCCN(C(=O)C=Cc2cnc[nH]2)[C@H]1Cc1ccccc1. The van der Waals surface area contributed by atoms with Crippen molar-refractivity contribution in [3.8, 4) is 0 Å². The van der Waals surface area contributed by atoms with Crippen molar-refractivity contribution in [2.45, 2.75) is 31.4 Å². The van der Waals surface area contributed by atoms with Crippen LogP contribution in [0, 0.1) is 0 Å². The van der Waals surface area contributed by atoms with Crippen molar-refractivity contribution in [3.05, 3.63) is 60.2 Å². The lowest BCUT2D eigenvalue weighted by atomic mass is 9.92. The van der Waals surface area contributed by atoms with E-state index in [2.05, 4.69) is 22.1 Å². The highest BCUT2D eigenvalue weighted by molar-refractivity contribution is 5.91. The molecule has 1 aliphatic heterocycles. The molecule has 1 amide bonds. The second kappa shape index (κ2) is 7.93. The Bertz CT molecular complexity index is 667. The summed E-state index contributed by atoms with van der Waals surface area (Å²) in [5, 5.41) is 0. The fourth-order valence-corrected chi connectivity index (χ4v) is 3.28. The molecule has 0 saturated carbocycles. The second-order valence-electron chi connectivity index (χ2n) is 6.05. The van der Waals surface area contributed by atoms with Gasteiger partial charge in [0, 0.05) is 19.7 Å². The third-order valence-corrected chi connectivity index (χ3v) is 4.52. The fraction of sp³-hybridized carbons (Fsp3) is 0.368. The lowest BCUT2D eigenvalue weighted by Gasteiger charge is -2.40. The lowest BCUT2D eigenvalue weighted by Crippen LogP contribution is -2.52. The molecule has 5 heteroatoms. The maximum atomic E-state index is 12.7. The molecule has 5 nitrogen and oxygen atoms in total. The van der Waals surface area contributed by atoms with E-state index in [1.54, 1.807) is 31.8 Å². The molecule has 1 N–H and O–H groups in total. The van der Waals surface area contributed by atoms with Crippen molar-refractivity contribution in [1.82, 2.24) is 14.9 Å². The van der Waals surface area contributed by atoms with Gasteiger partial charge < -0.3 is 14.6 Å². The summed E-state index contributed by atoms with van der Waals surface area (Å²) in [5.74, 6) is 0.0206. The molecule has 2 atom stereocenters. The van der Waals surface area contributed by atoms with Gasteiger partial charge in [-0.25, -0.2) is 4.98 Å². The maximum Gasteiger partial charge on any atom is 0.246 e. The lowest BCUT2D eigenvalue weighted by molar-refractivity contribution is -0.134. The van der Waals surface area contributed by atoms with E-state index in [9.17, 15) is 4.79 Å². The van der Waals surface area contributed by atoms with Gasteiger partial charge in [-0.2, -0.15) is 0 Å². The molecule has 0 radical (unpaired) electrons. The number of aromatic amines is 1. The zero-order valence-corrected chi connectivity index (χ0v) is 13.9. The smallest absolute Gasteiger partial charge is 0.246 e. The maximum absolute atomic E-state index is 12.7. The van der Waals surface area contributed by atoms with E-state index in [0.717, 1.165) is 31.5 Å². The number of benzene rings is 1. The van der Waals surface area contributed by atoms with Gasteiger partial charge in [0.15, 0.2) is 0 Å². The molecule has 0 spiro atoms. The number of piperidine rings is 1. The summed E-state index contributed by atoms with van der Waals surface area (Å²) in [7, 11) is 1.73. The third kappa shape index (κ3) is 3.92. The quantitative estimate of drug-likeness (QED) is 0.860. The van der Waals surface area contributed by atoms with Crippen LogP contribution in [0.3, 0.4) is 0 Å². The monoisotopic (exact) mass is 325 g/mol. The number of ether oxygens (including phenoxy) is 1. The summed E-state index contributed by atoms with van der Waals surface area (Å²) >= 11 is 0. The molecular formula is C19H23N3O2. The van der Waals surface area contributed by atoms with Crippen LogP contribution >= 0.6 is 0 Å². The van der Waals surface area contributed by atoms with Crippen molar-refractivity contribution in [1.29, 1.82) is 0 Å². The predicted molar refractivity (Wildman–Crippen MR) is 93.3 cm³/mol. The van der Waals surface area contributed by atoms with Crippen molar-refractivity contribution < 1.29 is 9.53 Å². The summed E-state index contributed by atoms with van der Waals surface area (Å²) in [5.41, 5.74) is 2.05. The minimum absolute atomic E-state index is 0.0206. The van der Waals surface area contributed by atoms with Gasteiger partial charge in [-0.3, -0.25) is 4.79 Å². The second-order valence-corrected chi connectivity index (χ2v) is 6.05. The minimum atomic E-state index is 0.0206. The number of rotatable bonds is 5. The van der Waals surface area contributed by atoms with Crippen LogP contribution in [0.2, 0.25) is 0 Å². The molecule has 0 bridgehead atoms. The Morgan fingerprint density at radius 1 is 1.42 bits per heavy atom. The summed E-state index contributed by atoms with van der Waals surface area (Å²) in [4.78, 5) is 21.6. The average Bonchev–Trinajstić information content (AvgIpc) is 3.14. The van der Waals surface area contributed by atoms with Crippen LogP contribution in [0.4, 0.5) is 0 Å². The van der Waals surface area contributed by atoms with Crippen molar-refractivity contribution in [3.63, 3.8) is 0 Å². The third-order valence-electron chi connectivity index (χ3n) is 4.52. The first-order chi connectivity index (χ1) is 11.8. The van der Waals surface area contributed by atoms with Gasteiger partial charge >= 0.3 is 0 Å². The number of carbonyl (C=O) groups excluding carboxylic acids is 1. The van der Waals surface area contributed by atoms with E-state index in [-0.39, 0.29) is 18.1 Å². The molecule has 1 fully saturated rings. The molecule has 1 aliphatic rings. The largest absolute Gasteiger partial charge is 0.379 e. The Morgan fingerprint density at radius 2 is 2.25 bits per heavy atom. The highest BCUT2D eigenvalue weighted by Gasteiger charge is 2.33. The highest BCUT2D eigenvalue weighted by atomic mass is 16.5. The zero-order valence-electron chi connectivity index (χ0n) is 13.9. The Kier molecular flexibility index (Phi) is 5.43. The Hall–Kier alpha value is -2.40. The van der Waals surface area contributed by atoms with Crippen molar-refractivity contribution >= 4 is 12.0 Å². The van der Waals surface area contributed by atoms with Crippen LogP contribution in [0.5, 0.6) is 0 Å². The number of hydrogen-bond acceptors (Lipinski definition) is 3. The molecule has 1 aromatic carbocycles. The Balaban J connectivity index is 1.76. The van der Waals surface area contributed by atoms with Gasteiger partial charge in [-0.15, -0.1) is 0 Å². The Morgan fingerprint density at radius 3 is 2.96 bits per heavy atom. The van der Waals surface area contributed by atoms with Crippen molar-refractivity contribution in [2.24, 2.45) is 0 Å².